The van der Waals surface area contributed by atoms with Gasteiger partial charge in [0.05, 0.1) is 18.8 Å². The van der Waals surface area contributed by atoms with Crippen LogP contribution in [0.3, 0.4) is 0 Å². The first-order chi connectivity index (χ1) is 6.84. The third-order valence-electron chi connectivity index (χ3n) is 1.08. The van der Waals surface area contributed by atoms with Crippen LogP contribution in [0.5, 0.6) is 0 Å². The molecule has 5 nitrogen and oxygen atoms in total. The lowest BCUT2D eigenvalue weighted by Gasteiger charge is -2.04. The Kier molecular flexibility index (Phi) is 4.87. The molecular formula is C7H8N2O3S2. The van der Waals surface area contributed by atoms with Crippen molar-refractivity contribution < 1.29 is 13.7 Å². The molecule has 1 aromatic heterocycles. The van der Waals surface area contributed by atoms with Crippen molar-refractivity contribution in [2.24, 2.45) is 0 Å². The molecule has 0 saturated heterocycles. The van der Waals surface area contributed by atoms with Crippen LogP contribution in [0.4, 0.5) is 4.79 Å². The van der Waals surface area contributed by atoms with E-state index in [1.807, 2.05) is 5.38 Å². The zero-order valence-corrected chi connectivity index (χ0v) is 8.96. The number of rotatable bonds is 0. The maximum atomic E-state index is 10.6. The summed E-state index contributed by atoms with van der Waals surface area (Å²) < 4.78 is 10.2. The molecule has 14 heavy (non-hydrogen) atoms. The molecule has 1 amide bonds. The summed E-state index contributed by atoms with van der Waals surface area (Å²) in [5.74, 6) is 0. The first-order valence-corrected chi connectivity index (χ1v) is 5.18. The van der Waals surface area contributed by atoms with Gasteiger partial charge in [0, 0.05) is 11.6 Å². The fraction of sp³-hybridized carbons (Fsp3) is 0.143. The monoisotopic (exact) mass is 232 g/mol. The van der Waals surface area contributed by atoms with Crippen LogP contribution in [0, 0.1) is 0 Å². The number of hydrogen-bond acceptors (Lipinski definition) is 6. The second-order valence-corrected chi connectivity index (χ2v) is 3.42. The third-order valence-corrected chi connectivity index (χ3v) is 2.23. The average Bonchev–Trinajstić information content (AvgIpc) is 2.91. The van der Waals surface area contributed by atoms with Gasteiger partial charge in [-0.2, -0.15) is 4.31 Å². The number of hydrogen-bond donors (Lipinski definition) is 0. The van der Waals surface area contributed by atoms with Crippen molar-refractivity contribution >= 4 is 29.7 Å². The molecular weight excluding hydrogens is 224 g/mol. The van der Waals surface area contributed by atoms with E-state index in [0.717, 1.165) is 12.2 Å². The van der Waals surface area contributed by atoms with Crippen LogP contribution in [-0.4, -0.2) is 22.5 Å². The quantitative estimate of drug-likeness (QED) is 0.507. The van der Waals surface area contributed by atoms with Gasteiger partial charge < -0.3 is 8.92 Å². The van der Waals surface area contributed by atoms with Gasteiger partial charge in [0.25, 0.3) is 0 Å². The Labute approximate surface area is 89.7 Å². The van der Waals surface area contributed by atoms with Gasteiger partial charge in [0.2, 0.25) is 0 Å². The van der Waals surface area contributed by atoms with Crippen molar-refractivity contribution in [1.82, 2.24) is 9.29 Å². The van der Waals surface area contributed by atoms with E-state index >= 15 is 0 Å². The van der Waals surface area contributed by atoms with E-state index in [9.17, 15) is 4.79 Å². The minimum absolute atomic E-state index is 0.436. The summed E-state index contributed by atoms with van der Waals surface area (Å²) in [5, 5.41) is 1.93. The van der Waals surface area contributed by atoms with Crippen LogP contribution in [0.2, 0.25) is 0 Å². The van der Waals surface area contributed by atoms with Gasteiger partial charge in [-0.25, -0.2) is 4.79 Å². The molecule has 2 rings (SSSR count). The summed E-state index contributed by atoms with van der Waals surface area (Å²) in [5.41, 5.74) is 1.79. The highest BCUT2D eigenvalue weighted by Gasteiger charge is 2.15. The second kappa shape index (κ2) is 6.28. The van der Waals surface area contributed by atoms with E-state index in [4.69, 9.17) is 0 Å². The summed E-state index contributed by atoms with van der Waals surface area (Å²) in [4.78, 5) is 14.3. The number of ether oxygens (including phenoxy) is 1. The normalized spacial score (nSPS) is 12.8. The molecule has 0 aromatic carbocycles. The lowest BCUT2D eigenvalue weighted by molar-refractivity contribution is 0.160. The Morgan fingerprint density at radius 3 is 2.86 bits per heavy atom. The SMILES string of the molecule is COC(=O)N1C=COS1.c1cscn1. The number of carbonyl (C=O) groups excluding carboxylic acids is 1. The maximum absolute atomic E-state index is 10.6. The molecule has 1 aliphatic heterocycles. The van der Waals surface area contributed by atoms with Crippen LogP contribution in [0.1, 0.15) is 0 Å². The molecule has 0 spiro atoms. The molecule has 0 N–H and O–H groups in total. The van der Waals surface area contributed by atoms with Crippen molar-refractivity contribution in [2.75, 3.05) is 7.11 Å². The Balaban J connectivity index is 0.000000165. The Morgan fingerprint density at radius 2 is 2.50 bits per heavy atom. The summed E-state index contributed by atoms with van der Waals surface area (Å²) >= 11 is 2.52. The fourth-order valence-corrected chi connectivity index (χ4v) is 1.31. The predicted octanol–water partition coefficient (Wildman–Crippen LogP) is 2.26. The smallest absolute Gasteiger partial charge is 0.426 e. The Morgan fingerprint density at radius 1 is 1.64 bits per heavy atom. The van der Waals surface area contributed by atoms with Crippen molar-refractivity contribution in [2.45, 2.75) is 0 Å². The van der Waals surface area contributed by atoms with E-state index < -0.39 is 6.09 Å². The van der Waals surface area contributed by atoms with Crippen LogP contribution in [0.25, 0.3) is 0 Å². The van der Waals surface area contributed by atoms with Gasteiger partial charge >= 0.3 is 6.09 Å². The number of thiazole rings is 1. The summed E-state index contributed by atoms with van der Waals surface area (Å²) in [7, 11) is 1.31. The highest BCUT2D eigenvalue weighted by Crippen LogP contribution is 2.19. The fourth-order valence-electron chi connectivity index (χ4n) is 0.533. The zero-order valence-electron chi connectivity index (χ0n) is 7.32. The van der Waals surface area contributed by atoms with Gasteiger partial charge in [0.15, 0.2) is 12.2 Å². The van der Waals surface area contributed by atoms with Crippen LogP contribution in [0.15, 0.2) is 29.5 Å². The van der Waals surface area contributed by atoms with Crippen molar-refractivity contribution in [3.8, 4) is 0 Å². The van der Waals surface area contributed by atoms with Gasteiger partial charge in [0.1, 0.15) is 6.26 Å². The molecule has 0 radical (unpaired) electrons. The zero-order chi connectivity index (χ0) is 10.2. The number of nitrogens with zero attached hydrogens (tertiary/aromatic N) is 2. The molecule has 76 valence electrons. The van der Waals surface area contributed by atoms with Crippen molar-refractivity contribution in [3.63, 3.8) is 0 Å². The molecule has 0 saturated carbocycles. The van der Waals surface area contributed by atoms with Crippen LogP contribution in [-0.2, 0) is 8.92 Å². The molecule has 0 atom stereocenters. The first-order valence-electron chi connectivity index (χ1n) is 3.54. The Bertz CT molecular complexity index is 272. The predicted molar refractivity (Wildman–Crippen MR) is 54.2 cm³/mol. The standard InChI is InChI=1S/C4H5NO3S.C3H3NS/c1-7-4(6)5-2-3-8-9-5;1-2-5-3-4-1/h2-3H,1H3;1-3H. The molecule has 0 bridgehead atoms. The highest BCUT2D eigenvalue weighted by molar-refractivity contribution is 7.93. The molecule has 7 heteroatoms. The van der Waals surface area contributed by atoms with Gasteiger partial charge in [-0.15, -0.1) is 11.3 Å². The largest absolute Gasteiger partial charge is 0.452 e. The molecule has 1 aromatic rings. The lowest BCUT2D eigenvalue weighted by Crippen LogP contribution is -2.15. The molecule has 0 aliphatic carbocycles. The third kappa shape index (κ3) is 3.67. The van der Waals surface area contributed by atoms with Crippen LogP contribution < -0.4 is 0 Å². The first kappa shape index (κ1) is 10.9. The summed E-state index contributed by atoms with van der Waals surface area (Å²) in [6.45, 7) is 0. The van der Waals surface area contributed by atoms with E-state index in [2.05, 4.69) is 13.9 Å². The lowest BCUT2D eigenvalue weighted by atomic mass is 10.9. The van der Waals surface area contributed by atoms with Crippen molar-refractivity contribution in [3.05, 3.63) is 29.5 Å². The minimum Gasteiger partial charge on any atom is -0.452 e. The maximum Gasteiger partial charge on any atom is 0.426 e. The number of carbonyl (C=O) groups is 1. The van der Waals surface area contributed by atoms with Crippen LogP contribution >= 0.6 is 23.6 Å². The van der Waals surface area contributed by atoms with E-state index in [-0.39, 0.29) is 0 Å². The number of aromatic nitrogens is 1. The molecule has 2 heterocycles. The van der Waals surface area contributed by atoms with E-state index in [1.54, 1.807) is 23.0 Å². The van der Waals surface area contributed by atoms with E-state index in [0.29, 0.717) is 0 Å². The van der Waals surface area contributed by atoms with Gasteiger partial charge in [-0.05, 0) is 0 Å². The second-order valence-electron chi connectivity index (χ2n) is 1.93. The summed E-state index contributed by atoms with van der Waals surface area (Å²) in [6.07, 6.45) is 4.22. The number of amides is 1. The number of methoxy groups -OCH3 is 1. The molecule has 0 fully saturated rings. The average molecular weight is 232 g/mol. The molecule has 1 aliphatic rings. The van der Waals surface area contributed by atoms with Gasteiger partial charge in [-0.1, -0.05) is 0 Å². The highest BCUT2D eigenvalue weighted by atomic mass is 32.2. The molecule has 0 unspecified atom stereocenters. The Hall–Kier alpha value is -1.21. The van der Waals surface area contributed by atoms with Gasteiger partial charge in [-0.3, -0.25) is 4.98 Å². The van der Waals surface area contributed by atoms with E-state index in [1.165, 1.54) is 23.9 Å². The minimum atomic E-state index is -0.436. The summed E-state index contributed by atoms with van der Waals surface area (Å²) in [6, 6.07) is 0. The topological polar surface area (TPSA) is 51.7 Å². The van der Waals surface area contributed by atoms with Crippen molar-refractivity contribution in [1.29, 1.82) is 0 Å².